The zero-order valence-corrected chi connectivity index (χ0v) is 22.7. The Bertz CT molecular complexity index is 1320. The third kappa shape index (κ3) is 7.48. The van der Waals surface area contributed by atoms with Gasteiger partial charge in [0.1, 0.15) is 5.69 Å². The van der Waals surface area contributed by atoms with E-state index in [-0.39, 0.29) is 0 Å². The molecule has 0 spiro atoms. The van der Waals surface area contributed by atoms with E-state index in [0.717, 1.165) is 84.8 Å². The van der Waals surface area contributed by atoms with Gasteiger partial charge in [-0.3, -0.25) is 4.98 Å². The monoisotopic (exact) mass is 531 g/mol. The summed E-state index contributed by atoms with van der Waals surface area (Å²) >= 11 is 0. The molecule has 4 rings (SSSR count). The van der Waals surface area contributed by atoms with Gasteiger partial charge in [0.15, 0.2) is 0 Å². The van der Waals surface area contributed by atoms with Crippen LogP contribution in [-0.4, -0.2) is 37.1 Å². The van der Waals surface area contributed by atoms with Crippen LogP contribution in [0.5, 0.6) is 0 Å². The summed E-state index contributed by atoms with van der Waals surface area (Å²) in [5.41, 5.74) is 7.73. The Morgan fingerprint density at radius 2 is 1.74 bits per heavy atom. The van der Waals surface area contributed by atoms with Gasteiger partial charge in [-0.2, -0.15) is 13.2 Å². The molecule has 0 radical (unpaired) electrons. The molecule has 0 fully saturated rings. The van der Waals surface area contributed by atoms with Crippen LogP contribution in [0.2, 0.25) is 0 Å². The van der Waals surface area contributed by atoms with Crippen molar-refractivity contribution in [1.29, 1.82) is 0 Å². The van der Waals surface area contributed by atoms with Gasteiger partial charge in [-0.25, -0.2) is 0 Å². The van der Waals surface area contributed by atoms with Crippen molar-refractivity contribution in [3.05, 3.63) is 125 Å². The Hall–Kier alpha value is -3.64. The second-order valence-corrected chi connectivity index (χ2v) is 10.1. The summed E-state index contributed by atoms with van der Waals surface area (Å²) in [5, 5.41) is 3.44. The number of aryl methyl sites for hydroxylation is 2. The molecule has 0 saturated carbocycles. The average Bonchev–Trinajstić information content (AvgIpc) is 3.12. The minimum Gasteiger partial charge on any atom is -0.378 e. The summed E-state index contributed by atoms with van der Waals surface area (Å²) in [6.45, 7) is 5.71. The molecule has 0 atom stereocenters. The number of hydrogen-bond acceptors (Lipinski definition) is 3. The number of hydrogen-bond donors (Lipinski definition) is 1. The summed E-state index contributed by atoms with van der Waals surface area (Å²) < 4.78 is 39.4. The van der Waals surface area contributed by atoms with Gasteiger partial charge in [-0.05, 0) is 89.8 Å². The van der Waals surface area contributed by atoms with Crippen LogP contribution in [0.3, 0.4) is 0 Å². The molecule has 0 amide bonds. The van der Waals surface area contributed by atoms with Gasteiger partial charge in [0.25, 0.3) is 0 Å². The van der Waals surface area contributed by atoms with Crippen LogP contribution in [0.15, 0.2) is 91.3 Å². The highest BCUT2D eigenvalue weighted by molar-refractivity contribution is 5.99. The second kappa shape index (κ2) is 12.9. The molecule has 204 valence electrons. The lowest BCUT2D eigenvalue weighted by atomic mass is 9.88. The van der Waals surface area contributed by atoms with Gasteiger partial charge in [0.2, 0.25) is 0 Å². The number of likely N-dealkylation sites (N-methyl/N-ethyl adjacent to an activating group) is 1. The molecule has 0 aliphatic heterocycles. The number of halogens is 3. The predicted molar refractivity (Wildman–Crippen MR) is 154 cm³/mol. The molecule has 2 aromatic carbocycles. The van der Waals surface area contributed by atoms with Crippen LogP contribution in [0.4, 0.5) is 13.2 Å². The molecule has 3 nitrogen and oxygen atoms in total. The molecule has 3 aromatic rings. The lowest BCUT2D eigenvalue weighted by Crippen LogP contribution is -2.16. The molecular formula is C33H36F3N3. The average molecular weight is 532 g/mol. The Kier molecular flexibility index (Phi) is 9.41. The first-order valence-electron chi connectivity index (χ1n) is 13.4. The highest BCUT2D eigenvalue weighted by Gasteiger charge is 2.32. The molecule has 0 unspecified atom stereocenters. The fourth-order valence-electron chi connectivity index (χ4n) is 4.87. The molecule has 0 bridgehead atoms. The predicted octanol–water partition coefficient (Wildman–Crippen LogP) is 7.55. The minimum absolute atomic E-state index is 0.744. The smallest absolute Gasteiger partial charge is 0.378 e. The van der Waals surface area contributed by atoms with Crippen LogP contribution < -0.4 is 5.32 Å². The van der Waals surface area contributed by atoms with Crippen molar-refractivity contribution < 1.29 is 13.2 Å². The number of rotatable bonds is 10. The van der Waals surface area contributed by atoms with Crippen molar-refractivity contribution in [1.82, 2.24) is 15.2 Å². The molecular weight excluding hydrogens is 495 g/mol. The van der Waals surface area contributed by atoms with E-state index >= 15 is 0 Å². The van der Waals surface area contributed by atoms with E-state index < -0.39 is 11.9 Å². The van der Waals surface area contributed by atoms with E-state index in [4.69, 9.17) is 0 Å². The van der Waals surface area contributed by atoms with E-state index in [1.165, 1.54) is 17.3 Å². The van der Waals surface area contributed by atoms with Crippen molar-refractivity contribution in [3.8, 4) is 0 Å². The number of fused-ring (bicyclic) bond motifs is 1. The minimum atomic E-state index is -4.45. The van der Waals surface area contributed by atoms with Gasteiger partial charge in [0.05, 0.1) is 0 Å². The maximum Gasteiger partial charge on any atom is 0.433 e. The summed E-state index contributed by atoms with van der Waals surface area (Å²) in [4.78, 5) is 5.73. The highest BCUT2D eigenvalue weighted by atomic mass is 19.4. The van der Waals surface area contributed by atoms with Crippen LogP contribution in [-0.2, 0) is 19.0 Å². The molecule has 0 saturated heterocycles. The van der Waals surface area contributed by atoms with E-state index in [9.17, 15) is 13.2 Å². The zero-order valence-electron chi connectivity index (χ0n) is 22.7. The van der Waals surface area contributed by atoms with E-state index in [1.807, 2.05) is 37.2 Å². The van der Waals surface area contributed by atoms with E-state index in [2.05, 4.69) is 59.4 Å². The van der Waals surface area contributed by atoms with Crippen LogP contribution in [0.1, 0.15) is 52.8 Å². The fourth-order valence-corrected chi connectivity index (χ4v) is 4.87. The van der Waals surface area contributed by atoms with Gasteiger partial charge >= 0.3 is 6.18 Å². The number of nitrogens with one attached hydrogen (secondary N) is 1. The standard InChI is InChI=1S/C33H36F3N3/c1-24(39(2)3)9-7-21-37-22-8-10-25-15-17-27(18-16-25)32-29-13-5-4-11-26(29)12-6-14-30(32)28-19-20-31(38-23-28)33(34,35)36/h4-5,7,9,11,13,15-20,23,37H,1,6,8,10,12,14,21-22H2,2-3H3/b9-7+. The van der Waals surface area contributed by atoms with E-state index in [0.29, 0.717) is 0 Å². The number of alkyl halides is 3. The Labute approximate surface area is 229 Å². The first kappa shape index (κ1) is 28.4. The van der Waals surface area contributed by atoms with Crippen molar-refractivity contribution >= 4 is 11.1 Å². The normalized spacial score (nSPS) is 13.9. The van der Waals surface area contributed by atoms with E-state index in [1.54, 1.807) is 6.07 Å². The third-order valence-electron chi connectivity index (χ3n) is 7.07. The lowest BCUT2D eigenvalue weighted by molar-refractivity contribution is -0.141. The number of pyridine rings is 1. The maximum atomic E-state index is 13.1. The first-order chi connectivity index (χ1) is 18.7. The second-order valence-electron chi connectivity index (χ2n) is 10.1. The van der Waals surface area contributed by atoms with Gasteiger partial charge < -0.3 is 10.2 Å². The number of benzene rings is 2. The summed E-state index contributed by atoms with van der Waals surface area (Å²) in [6.07, 6.45) is 5.65. The lowest BCUT2D eigenvalue weighted by Gasteiger charge is -2.17. The fraction of sp³-hybridized carbons (Fsp3) is 0.303. The van der Waals surface area contributed by atoms with Gasteiger partial charge in [-0.1, -0.05) is 67.3 Å². The Balaban J connectivity index is 1.52. The van der Waals surface area contributed by atoms with Crippen molar-refractivity contribution in [2.24, 2.45) is 0 Å². The molecule has 1 aromatic heterocycles. The topological polar surface area (TPSA) is 28.2 Å². The highest BCUT2D eigenvalue weighted by Crippen LogP contribution is 2.40. The first-order valence-corrected chi connectivity index (χ1v) is 13.4. The van der Waals surface area contributed by atoms with Crippen LogP contribution in [0.25, 0.3) is 11.1 Å². The van der Waals surface area contributed by atoms with Gasteiger partial charge in [-0.15, -0.1) is 0 Å². The SMILES string of the molecule is C=C(/C=C/CNCCCc1ccc(C2=C(c3ccc(C(F)(F)F)nc3)CCCc3ccccc32)cc1)N(C)C. The summed E-state index contributed by atoms with van der Waals surface area (Å²) in [6, 6.07) is 19.6. The van der Waals surface area contributed by atoms with Crippen molar-refractivity contribution in [3.63, 3.8) is 0 Å². The molecule has 39 heavy (non-hydrogen) atoms. The van der Waals surface area contributed by atoms with Crippen LogP contribution in [0, 0.1) is 0 Å². The molecule has 1 aliphatic carbocycles. The quantitative estimate of drug-likeness (QED) is 0.216. The third-order valence-corrected chi connectivity index (χ3v) is 7.07. The van der Waals surface area contributed by atoms with Gasteiger partial charge in [0, 0.05) is 32.5 Å². The molecule has 6 heteroatoms. The number of aromatic nitrogens is 1. The largest absolute Gasteiger partial charge is 0.433 e. The Morgan fingerprint density at radius 3 is 2.44 bits per heavy atom. The number of allylic oxidation sites excluding steroid dienone is 2. The van der Waals surface area contributed by atoms with Crippen molar-refractivity contribution in [2.45, 2.75) is 38.3 Å². The van der Waals surface area contributed by atoms with Crippen molar-refractivity contribution in [2.75, 3.05) is 27.2 Å². The van der Waals surface area contributed by atoms with Crippen LogP contribution >= 0.6 is 0 Å². The summed E-state index contributed by atoms with van der Waals surface area (Å²) in [5.74, 6) is 0. The molecule has 1 heterocycles. The number of nitrogens with zero attached hydrogens (tertiary/aromatic N) is 2. The summed E-state index contributed by atoms with van der Waals surface area (Å²) in [7, 11) is 3.95. The molecule has 1 aliphatic rings. The zero-order chi connectivity index (χ0) is 27.8. The maximum absolute atomic E-state index is 13.1. The molecule has 1 N–H and O–H groups in total. The Morgan fingerprint density at radius 1 is 1.00 bits per heavy atom.